The lowest BCUT2D eigenvalue weighted by atomic mass is 10.2. The Labute approximate surface area is 120 Å². The largest absolute Gasteiger partial charge is 0.310 e. The molecule has 3 nitrogen and oxygen atoms in total. The topological polar surface area (TPSA) is 28.2 Å². The van der Waals surface area contributed by atoms with Crippen LogP contribution in [-0.4, -0.2) is 29.0 Å². The van der Waals surface area contributed by atoms with Crippen molar-refractivity contribution in [2.45, 2.75) is 64.6 Å². The Bertz CT molecular complexity index is 417. The predicted octanol–water partition coefficient (Wildman–Crippen LogP) is 3.11. The molecule has 0 spiro atoms. The van der Waals surface area contributed by atoms with Crippen LogP contribution in [-0.2, 0) is 13.1 Å². The minimum absolute atomic E-state index is 0.552. The fourth-order valence-corrected chi connectivity index (χ4v) is 3.86. The number of hydrogen-bond donors (Lipinski definition) is 1. The smallest absolute Gasteiger partial charge is 0.107 e. The molecule has 2 heterocycles. The second-order valence-electron chi connectivity index (χ2n) is 6.21. The summed E-state index contributed by atoms with van der Waals surface area (Å²) in [5.41, 5.74) is 1.41. The Hall–Kier alpha value is -0.450. The van der Waals surface area contributed by atoms with Crippen molar-refractivity contribution in [2.24, 2.45) is 0 Å². The molecule has 0 atom stereocenters. The van der Waals surface area contributed by atoms with Crippen LogP contribution < -0.4 is 5.32 Å². The Morgan fingerprint density at radius 1 is 1.32 bits per heavy atom. The van der Waals surface area contributed by atoms with Crippen LogP contribution in [0.2, 0.25) is 0 Å². The summed E-state index contributed by atoms with van der Waals surface area (Å²) in [7, 11) is 0. The lowest BCUT2D eigenvalue weighted by molar-refractivity contribution is 0.330. The molecule has 0 bridgehead atoms. The lowest BCUT2D eigenvalue weighted by Gasteiger charge is -2.11. The molecule has 1 aromatic heterocycles. The van der Waals surface area contributed by atoms with Gasteiger partial charge in [0.15, 0.2) is 0 Å². The minimum Gasteiger partial charge on any atom is -0.310 e. The molecule has 106 valence electrons. The van der Waals surface area contributed by atoms with Crippen molar-refractivity contribution in [2.75, 3.05) is 13.1 Å². The summed E-state index contributed by atoms with van der Waals surface area (Å²) in [6, 6.07) is 0.552. The van der Waals surface area contributed by atoms with E-state index < -0.39 is 0 Å². The quantitative estimate of drug-likeness (QED) is 0.867. The van der Waals surface area contributed by atoms with E-state index in [0.29, 0.717) is 6.04 Å². The molecule has 0 unspecified atom stereocenters. The first-order chi connectivity index (χ1) is 9.22. The number of rotatable bonds is 6. The van der Waals surface area contributed by atoms with Crippen LogP contribution in [0.4, 0.5) is 0 Å². The molecule has 4 heteroatoms. The molecule has 0 aromatic carbocycles. The lowest BCUT2D eigenvalue weighted by Crippen LogP contribution is -2.21. The second kappa shape index (κ2) is 5.90. The predicted molar refractivity (Wildman–Crippen MR) is 80.6 cm³/mol. The van der Waals surface area contributed by atoms with Crippen LogP contribution in [0.15, 0.2) is 0 Å². The standard InChI is InChI=1S/C15H25N3S/c1-11(2)16-9-13-15(12-5-6-12)17-14(19-13)10-18-7-3-4-8-18/h11-12,16H,3-10H2,1-2H3. The van der Waals surface area contributed by atoms with Gasteiger partial charge in [-0.05, 0) is 38.8 Å². The highest BCUT2D eigenvalue weighted by Crippen LogP contribution is 2.42. The number of nitrogens with zero attached hydrogens (tertiary/aromatic N) is 2. The highest BCUT2D eigenvalue weighted by molar-refractivity contribution is 7.11. The van der Waals surface area contributed by atoms with Gasteiger partial charge in [-0.25, -0.2) is 4.98 Å². The van der Waals surface area contributed by atoms with Crippen LogP contribution in [0.1, 0.15) is 61.0 Å². The minimum atomic E-state index is 0.552. The van der Waals surface area contributed by atoms with Gasteiger partial charge in [0.05, 0.1) is 12.2 Å². The molecule has 1 aromatic rings. The molecular formula is C15H25N3S. The third-order valence-corrected chi connectivity index (χ3v) is 5.02. The molecule has 3 rings (SSSR count). The van der Waals surface area contributed by atoms with Gasteiger partial charge in [-0.1, -0.05) is 13.8 Å². The van der Waals surface area contributed by atoms with Gasteiger partial charge in [0.2, 0.25) is 0 Å². The third-order valence-electron chi connectivity index (χ3n) is 3.96. The summed E-state index contributed by atoms with van der Waals surface area (Å²) >= 11 is 1.94. The molecule has 19 heavy (non-hydrogen) atoms. The maximum absolute atomic E-state index is 4.95. The van der Waals surface area contributed by atoms with E-state index in [1.165, 1.54) is 54.4 Å². The van der Waals surface area contributed by atoms with Gasteiger partial charge in [-0.15, -0.1) is 11.3 Å². The van der Waals surface area contributed by atoms with Crippen molar-refractivity contribution < 1.29 is 0 Å². The molecule has 1 saturated carbocycles. The monoisotopic (exact) mass is 279 g/mol. The van der Waals surface area contributed by atoms with Crippen LogP contribution >= 0.6 is 11.3 Å². The first-order valence-corrected chi connectivity index (χ1v) is 8.48. The normalized spacial score (nSPS) is 20.6. The fraction of sp³-hybridized carbons (Fsp3) is 0.800. The van der Waals surface area contributed by atoms with Crippen molar-refractivity contribution in [3.63, 3.8) is 0 Å². The van der Waals surface area contributed by atoms with Crippen molar-refractivity contribution in [3.05, 3.63) is 15.6 Å². The summed E-state index contributed by atoms with van der Waals surface area (Å²) in [5, 5.41) is 4.89. The van der Waals surface area contributed by atoms with Crippen LogP contribution in [0.5, 0.6) is 0 Å². The summed E-state index contributed by atoms with van der Waals surface area (Å²) in [4.78, 5) is 8.99. The van der Waals surface area contributed by atoms with Crippen LogP contribution in [0, 0.1) is 0 Å². The molecule has 1 aliphatic heterocycles. The van der Waals surface area contributed by atoms with E-state index >= 15 is 0 Å². The highest BCUT2D eigenvalue weighted by Gasteiger charge is 2.29. The zero-order chi connectivity index (χ0) is 13.2. The average molecular weight is 279 g/mol. The van der Waals surface area contributed by atoms with Gasteiger partial charge in [-0.2, -0.15) is 0 Å². The molecule has 1 aliphatic carbocycles. The van der Waals surface area contributed by atoms with Crippen molar-refractivity contribution in [3.8, 4) is 0 Å². The fourth-order valence-electron chi connectivity index (χ4n) is 2.71. The van der Waals surface area contributed by atoms with Gasteiger partial charge in [0.25, 0.3) is 0 Å². The maximum Gasteiger partial charge on any atom is 0.107 e. The zero-order valence-electron chi connectivity index (χ0n) is 12.1. The van der Waals surface area contributed by atoms with Crippen molar-refractivity contribution in [1.82, 2.24) is 15.2 Å². The van der Waals surface area contributed by atoms with Crippen LogP contribution in [0.3, 0.4) is 0 Å². The third kappa shape index (κ3) is 3.56. The van der Waals surface area contributed by atoms with Crippen LogP contribution in [0.25, 0.3) is 0 Å². The second-order valence-corrected chi connectivity index (χ2v) is 7.38. The molecular weight excluding hydrogens is 254 g/mol. The SMILES string of the molecule is CC(C)NCc1sc(CN2CCCC2)nc1C1CC1. The Morgan fingerprint density at radius 2 is 2.05 bits per heavy atom. The van der Waals surface area contributed by atoms with Crippen molar-refractivity contribution >= 4 is 11.3 Å². The van der Waals surface area contributed by atoms with E-state index in [2.05, 4.69) is 24.1 Å². The number of nitrogens with one attached hydrogen (secondary N) is 1. The first kappa shape index (κ1) is 13.5. The van der Waals surface area contributed by atoms with E-state index in [9.17, 15) is 0 Å². The molecule has 0 radical (unpaired) electrons. The summed E-state index contributed by atoms with van der Waals surface area (Å²) in [6.07, 6.45) is 5.42. The van der Waals surface area contributed by atoms with E-state index in [1.807, 2.05) is 11.3 Å². The van der Waals surface area contributed by atoms with Crippen molar-refractivity contribution in [1.29, 1.82) is 0 Å². The number of thiazole rings is 1. The van der Waals surface area contributed by atoms with Gasteiger partial charge >= 0.3 is 0 Å². The number of hydrogen-bond acceptors (Lipinski definition) is 4. The van der Waals surface area contributed by atoms with E-state index in [4.69, 9.17) is 4.98 Å². The highest BCUT2D eigenvalue weighted by atomic mass is 32.1. The molecule has 1 N–H and O–H groups in total. The molecule has 1 saturated heterocycles. The van der Waals surface area contributed by atoms with E-state index in [0.717, 1.165) is 19.0 Å². The Kier molecular flexibility index (Phi) is 4.20. The number of likely N-dealkylation sites (tertiary alicyclic amines) is 1. The summed E-state index contributed by atoms with van der Waals surface area (Å²) < 4.78 is 0. The van der Waals surface area contributed by atoms with Gasteiger partial charge < -0.3 is 5.32 Å². The maximum atomic E-state index is 4.95. The molecule has 0 amide bonds. The van der Waals surface area contributed by atoms with E-state index in [1.54, 1.807) is 0 Å². The van der Waals surface area contributed by atoms with Gasteiger partial charge in [0, 0.05) is 23.4 Å². The average Bonchev–Trinajstić information content (AvgIpc) is 2.94. The zero-order valence-corrected chi connectivity index (χ0v) is 12.9. The summed E-state index contributed by atoms with van der Waals surface area (Å²) in [5.74, 6) is 0.771. The van der Waals surface area contributed by atoms with Gasteiger partial charge in [0.1, 0.15) is 5.01 Å². The Balaban J connectivity index is 1.68. The molecule has 2 fully saturated rings. The van der Waals surface area contributed by atoms with E-state index in [-0.39, 0.29) is 0 Å². The number of aromatic nitrogens is 1. The van der Waals surface area contributed by atoms with Gasteiger partial charge in [-0.3, -0.25) is 4.90 Å². The molecule has 2 aliphatic rings. The first-order valence-electron chi connectivity index (χ1n) is 7.66. The summed E-state index contributed by atoms with van der Waals surface area (Å²) in [6.45, 7) is 9.02. The Morgan fingerprint density at radius 3 is 2.68 bits per heavy atom.